The molecule has 5 heteroatoms. The van der Waals surface area contributed by atoms with Gasteiger partial charge in [-0.2, -0.15) is 0 Å². The zero-order chi connectivity index (χ0) is 15.2. The van der Waals surface area contributed by atoms with Crippen LogP contribution in [0.15, 0.2) is 71.8 Å². The van der Waals surface area contributed by atoms with Crippen LogP contribution in [0.1, 0.15) is 5.56 Å². The maximum Gasteiger partial charge on any atom is 0.319 e. The Labute approximate surface area is 128 Å². The summed E-state index contributed by atoms with van der Waals surface area (Å²) < 4.78 is 5.07. The molecule has 0 saturated carbocycles. The Balaban J connectivity index is 1.60. The molecule has 22 heavy (non-hydrogen) atoms. The van der Waals surface area contributed by atoms with Gasteiger partial charge >= 0.3 is 6.03 Å². The number of urea groups is 1. The van der Waals surface area contributed by atoms with Crippen molar-refractivity contribution in [3.63, 3.8) is 0 Å². The molecule has 0 radical (unpaired) electrons. The number of nitrogens with one attached hydrogen (secondary N) is 2. The van der Waals surface area contributed by atoms with Gasteiger partial charge < -0.3 is 15.1 Å². The lowest BCUT2D eigenvalue weighted by molar-refractivity contribution is 0.251. The van der Waals surface area contributed by atoms with Crippen molar-refractivity contribution in [1.29, 1.82) is 0 Å². The van der Waals surface area contributed by atoms with Crippen molar-refractivity contribution in [3.8, 4) is 11.1 Å². The first-order valence-corrected chi connectivity index (χ1v) is 6.88. The van der Waals surface area contributed by atoms with E-state index in [0.717, 1.165) is 22.4 Å². The largest absolute Gasteiger partial charge is 0.472 e. The van der Waals surface area contributed by atoms with E-state index in [1.165, 1.54) is 0 Å². The minimum atomic E-state index is -0.250. The maximum absolute atomic E-state index is 11.8. The van der Waals surface area contributed by atoms with Crippen LogP contribution in [0.4, 0.5) is 10.5 Å². The van der Waals surface area contributed by atoms with Crippen LogP contribution in [0.5, 0.6) is 0 Å². The number of anilines is 1. The quantitative estimate of drug-likeness (QED) is 0.771. The van der Waals surface area contributed by atoms with Gasteiger partial charge in [-0.25, -0.2) is 4.79 Å². The molecule has 1 aromatic carbocycles. The first kappa shape index (κ1) is 13.9. The summed E-state index contributed by atoms with van der Waals surface area (Å²) in [6, 6.07) is 12.9. The molecule has 0 aliphatic rings. The summed E-state index contributed by atoms with van der Waals surface area (Å²) in [7, 11) is 0. The second kappa shape index (κ2) is 6.58. The predicted octanol–water partition coefficient (Wildman–Crippen LogP) is 3.66. The molecule has 0 unspecified atom stereocenters. The SMILES string of the molecule is O=C(NCc1cncc(-c2ccoc2)c1)Nc1ccccc1. The van der Waals surface area contributed by atoms with E-state index in [1.807, 2.05) is 42.5 Å². The van der Waals surface area contributed by atoms with Crippen LogP contribution in [0.2, 0.25) is 0 Å². The molecule has 0 aliphatic carbocycles. The van der Waals surface area contributed by atoms with Crippen LogP contribution < -0.4 is 10.6 Å². The lowest BCUT2D eigenvalue weighted by Gasteiger charge is -2.08. The van der Waals surface area contributed by atoms with Crippen molar-refractivity contribution >= 4 is 11.7 Å². The topological polar surface area (TPSA) is 67.2 Å². The van der Waals surface area contributed by atoms with E-state index >= 15 is 0 Å². The second-order valence-electron chi connectivity index (χ2n) is 4.77. The Morgan fingerprint density at radius 2 is 1.95 bits per heavy atom. The van der Waals surface area contributed by atoms with Gasteiger partial charge in [-0.3, -0.25) is 4.98 Å². The van der Waals surface area contributed by atoms with Gasteiger partial charge in [0.2, 0.25) is 0 Å². The molecule has 3 rings (SSSR count). The molecule has 2 heterocycles. The summed E-state index contributed by atoms with van der Waals surface area (Å²) in [5, 5.41) is 5.58. The lowest BCUT2D eigenvalue weighted by Crippen LogP contribution is -2.28. The fourth-order valence-electron chi connectivity index (χ4n) is 2.05. The number of pyridine rings is 1. The fraction of sp³-hybridized carbons (Fsp3) is 0.0588. The smallest absolute Gasteiger partial charge is 0.319 e. The molecule has 0 spiro atoms. The van der Waals surface area contributed by atoms with Crippen LogP contribution in [-0.2, 0) is 6.54 Å². The van der Waals surface area contributed by atoms with E-state index in [-0.39, 0.29) is 6.03 Å². The van der Waals surface area contributed by atoms with E-state index < -0.39 is 0 Å². The highest BCUT2D eigenvalue weighted by Crippen LogP contribution is 2.19. The van der Waals surface area contributed by atoms with Gasteiger partial charge in [0, 0.05) is 35.8 Å². The number of furan rings is 1. The number of hydrogen-bond acceptors (Lipinski definition) is 3. The average Bonchev–Trinajstić information content (AvgIpc) is 3.09. The van der Waals surface area contributed by atoms with E-state index in [9.17, 15) is 4.79 Å². The van der Waals surface area contributed by atoms with Crippen LogP contribution >= 0.6 is 0 Å². The molecule has 5 nitrogen and oxygen atoms in total. The van der Waals surface area contributed by atoms with Gasteiger partial charge in [0.05, 0.1) is 12.5 Å². The van der Waals surface area contributed by atoms with Gasteiger partial charge in [-0.15, -0.1) is 0 Å². The summed E-state index contributed by atoms with van der Waals surface area (Å²) in [6.45, 7) is 0.400. The van der Waals surface area contributed by atoms with E-state index in [0.29, 0.717) is 6.54 Å². The normalized spacial score (nSPS) is 10.2. The molecule has 0 saturated heterocycles. The van der Waals surface area contributed by atoms with Crippen LogP contribution in [0.3, 0.4) is 0 Å². The van der Waals surface area contributed by atoms with Gasteiger partial charge in [-0.05, 0) is 29.8 Å². The first-order chi connectivity index (χ1) is 10.8. The van der Waals surface area contributed by atoms with Crippen molar-refractivity contribution in [1.82, 2.24) is 10.3 Å². The molecular weight excluding hydrogens is 278 g/mol. The van der Waals surface area contributed by atoms with Gasteiger partial charge in [-0.1, -0.05) is 18.2 Å². The molecule has 2 amide bonds. The molecule has 110 valence electrons. The number of nitrogens with zero attached hydrogens (tertiary/aromatic N) is 1. The van der Waals surface area contributed by atoms with Gasteiger partial charge in [0.25, 0.3) is 0 Å². The molecule has 0 fully saturated rings. The number of aromatic nitrogens is 1. The molecule has 0 atom stereocenters. The molecule has 2 N–H and O–H groups in total. The van der Waals surface area contributed by atoms with Crippen molar-refractivity contribution in [2.24, 2.45) is 0 Å². The molecule has 3 aromatic rings. The Bertz CT molecular complexity index is 740. The number of hydrogen-bond donors (Lipinski definition) is 2. The summed E-state index contributed by atoms with van der Waals surface area (Å²) in [4.78, 5) is 16.0. The van der Waals surface area contributed by atoms with Crippen molar-refractivity contribution < 1.29 is 9.21 Å². The number of benzene rings is 1. The van der Waals surface area contributed by atoms with Gasteiger partial charge in [0.15, 0.2) is 0 Å². The fourth-order valence-corrected chi connectivity index (χ4v) is 2.05. The van der Waals surface area contributed by atoms with E-state index in [1.54, 1.807) is 24.9 Å². The highest BCUT2D eigenvalue weighted by molar-refractivity contribution is 5.89. The maximum atomic E-state index is 11.8. The standard InChI is InChI=1S/C17H15N3O2/c21-17(20-16-4-2-1-3-5-16)19-10-13-8-15(11-18-9-13)14-6-7-22-12-14/h1-9,11-12H,10H2,(H2,19,20,21). The van der Waals surface area contributed by atoms with Crippen LogP contribution in [0.25, 0.3) is 11.1 Å². The lowest BCUT2D eigenvalue weighted by atomic mass is 10.1. The second-order valence-corrected chi connectivity index (χ2v) is 4.77. The number of amides is 2. The predicted molar refractivity (Wildman–Crippen MR) is 84.2 cm³/mol. The third-order valence-electron chi connectivity index (χ3n) is 3.13. The van der Waals surface area contributed by atoms with E-state index in [2.05, 4.69) is 15.6 Å². The third-order valence-corrected chi connectivity index (χ3v) is 3.13. The Morgan fingerprint density at radius 3 is 2.73 bits per heavy atom. The monoisotopic (exact) mass is 293 g/mol. The van der Waals surface area contributed by atoms with Crippen molar-refractivity contribution in [2.45, 2.75) is 6.54 Å². The summed E-state index contributed by atoms with van der Waals surface area (Å²) >= 11 is 0. The Morgan fingerprint density at radius 1 is 1.09 bits per heavy atom. The Hall–Kier alpha value is -3.08. The van der Waals surface area contributed by atoms with E-state index in [4.69, 9.17) is 4.42 Å². The number of carbonyl (C=O) groups is 1. The molecular formula is C17H15N3O2. The highest BCUT2D eigenvalue weighted by atomic mass is 16.3. The van der Waals surface area contributed by atoms with Crippen LogP contribution in [0, 0.1) is 0 Å². The minimum Gasteiger partial charge on any atom is -0.472 e. The summed E-state index contributed by atoms with van der Waals surface area (Å²) in [6.07, 6.45) is 6.77. The average molecular weight is 293 g/mol. The summed E-state index contributed by atoms with van der Waals surface area (Å²) in [5.74, 6) is 0. The molecule has 0 aliphatic heterocycles. The Kier molecular flexibility index (Phi) is 4.15. The van der Waals surface area contributed by atoms with Gasteiger partial charge in [0.1, 0.15) is 0 Å². The highest BCUT2D eigenvalue weighted by Gasteiger charge is 2.04. The van der Waals surface area contributed by atoms with Crippen LogP contribution in [-0.4, -0.2) is 11.0 Å². The minimum absolute atomic E-state index is 0.250. The van der Waals surface area contributed by atoms with Crippen molar-refractivity contribution in [2.75, 3.05) is 5.32 Å². The van der Waals surface area contributed by atoms with Crippen molar-refractivity contribution in [3.05, 3.63) is 72.9 Å². The molecule has 2 aromatic heterocycles. The number of carbonyl (C=O) groups excluding carboxylic acids is 1. The number of rotatable bonds is 4. The third kappa shape index (κ3) is 3.52. The summed E-state index contributed by atoms with van der Waals surface area (Å²) in [5.41, 5.74) is 3.59. The number of para-hydroxylation sites is 1. The zero-order valence-corrected chi connectivity index (χ0v) is 11.8. The molecule has 0 bridgehead atoms. The zero-order valence-electron chi connectivity index (χ0n) is 11.8. The first-order valence-electron chi connectivity index (χ1n) is 6.88.